The van der Waals surface area contributed by atoms with Gasteiger partial charge in [-0.3, -0.25) is 4.79 Å². The van der Waals surface area contributed by atoms with Crippen LogP contribution in [0.15, 0.2) is 47.6 Å². The topological polar surface area (TPSA) is 87.7 Å². The lowest BCUT2D eigenvalue weighted by atomic mass is 10.1. The summed E-state index contributed by atoms with van der Waals surface area (Å²) in [6, 6.07) is 12.5. The van der Waals surface area contributed by atoms with E-state index in [0.717, 1.165) is 11.1 Å². The van der Waals surface area contributed by atoms with E-state index in [0.29, 0.717) is 16.8 Å². The van der Waals surface area contributed by atoms with Crippen LogP contribution in [0, 0.1) is 13.8 Å². The molecule has 0 aliphatic rings. The van der Waals surface area contributed by atoms with Crippen molar-refractivity contribution < 1.29 is 10.0 Å². The second kappa shape index (κ2) is 6.09. The van der Waals surface area contributed by atoms with E-state index in [1.165, 1.54) is 0 Å². The summed E-state index contributed by atoms with van der Waals surface area (Å²) in [6.07, 6.45) is 0. The molecule has 0 aromatic heterocycles. The lowest BCUT2D eigenvalue weighted by Crippen LogP contribution is -2.15. The molecular weight excluding hydrogens is 266 g/mol. The highest BCUT2D eigenvalue weighted by atomic mass is 16.4. The maximum atomic E-state index is 12.2. The fourth-order valence-corrected chi connectivity index (χ4v) is 2.12. The van der Waals surface area contributed by atoms with Crippen molar-refractivity contribution in [2.45, 2.75) is 13.8 Å². The summed E-state index contributed by atoms with van der Waals surface area (Å²) >= 11 is 0. The van der Waals surface area contributed by atoms with Crippen LogP contribution in [0.2, 0.25) is 0 Å². The summed E-state index contributed by atoms with van der Waals surface area (Å²) in [6.45, 7) is 3.89. The Balaban J connectivity index is 2.23. The normalized spacial score (nSPS) is 11.2. The molecule has 0 saturated carbocycles. The highest BCUT2D eigenvalue weighted by molar-refractivity contribution is 6.05. The number of amides is 1. The number of oxime groups is 1. The molecule has 5 heteroatoms. The molecule has 0 aliphatic carbocycles. The van der Waals surface area contributed by atoms with E-state index in [1.807, 2.05) is 32.0 Å². The molecule has 2 rings (SSSR count). The van der Waals surface area contributed by atoms with Crippen molar-refractivity contribution in [2.75, 3.05) is 5.32 Å². The van der Waals surface area contributed by atoms with E-state index < -0.39 is 0 Å². The van der Waals surface area contributed by atoms with Gasteiger partial charge in [-0.1, -0.05) is 34.5 Å². The number of carbonyl (C=O) groups excluding carboxylic acids is 1. The van der Waals surface area contributed by atoms with Gasteiger partial charge in [0.15, 0.2) is 5.84 Å². The number of hydrogen-bond acceptors (Lipinski definition) is 3. The minimum absolute atomic E-state index is 0.00232. The molecular formula is C16H17N3O2. The fourth-order valence-electron chi connectivity index (χ4n) is 2.12. The summed E-state index contributed by atoms with van der Waals surface area (Å²) in [5, 5.41) is 14.4. The van der Waals surface area contributed by atoms with Crippen molar-refractivity contribution >= 4 is 17.4 Å². The van der Waals surface area contributed by atoms with Gasteiger partial charge in [-0.25, -0.2) is 0 Å². The first-order valence-corrected chi connectivity index (χ1v) is 6.47. The summed E-state index contributed by atoms with van der Waals surface area (Å²) in [7, 11) is 0. The van der Waals surface area contributed by atoms with Gasteiger partial charge in [0.25, 0.3) is 5.91 Å². The van der Waals surface area contributed by atoms with E-state index in [2.05, 4.69) is 10.5 Å². The third-order valence-corrected chi connectivity index (χ3v) is 3.01. The lowest BCUT2D eigenvalue weighted by molar-refractivity contribution is 0.102. The molecule has 4 N–H and O–H groups in total. The third kappa shape index (κ3) is 3.60. The molecule has 0 atom stereocenters. The average Bonchev–Trinajstić information content (AvgIpc) is 2.45. The number of hydrogen-bond donors (Lipinski definition) is 3. The lowest BCUT2D eigenvalue weighted by Gasteiger charge is -2.08. The van der Waals surface area contributed by atoms with Gasteiger partial charge in [-0.15, -0.1) is 0 Å². The molecule has 2 aromatic carbocycles. The van der Waals surface area contributed by atoms with Gasteiger partial charge in [0.1, 0.15) is 0 Å². The number of benzene rings is 2. The Morgan fingerprint density at radius 3 is 2.38 bits per heavy atom. The summed E-state index contributed by atoms with van der Waals surface area (Å²) < 4.78 is 0. The van der Waals surface area contributed by atoms with Crippen LogP contribution < -0.4 is 11.1 Å². The van der Waals surface area contributed by atoms with Crippen molar-refractivity contribution in [3.63, 3.8) is 0 Å². The van der Waals surface area contributed by atoms with Gasteiger partial charge in [-0.2, -0.15) is 0 Å². The predicted molar refractivity (Wildman–Crippen MR) is 82.8 cm³/mol. The number of carbonyl (C=O) groups is 1. The van der Waals surface area contributed by atoms with Crippen LogP contribution >= 0.6 is 0 Å². The highest BCUT2D eigenvalue weighted by Gasteiger charge is 2.08. The average molecular weight is 283 g/mol. The molecule has 0 fully saturated rings. The molecule has 21 heavy (non-hydrogen) atoms. The molecule has 2 aromatic rings. The fraction of sp³-hybridized carbons (Fsp3) is 0.125. The molecule has 0 spiro atoms. The number of nitrogens with two attached hydrogens (primary N) is 1. The van der Waals surface area contributed by atoms with Crippen LogP contribution in [0.5, 0.6) is 0 Å². The molecule has 108 valence electrons. The van der Waals surface area contributed by atoms with Crippen molar-refractivity contribution in [3.05, 3.63) is 64.7 Å². The molecule has 0 bridgehead atoms. The number of anilines is 1. The van der Waals surface area contributed by atoms with E-state index >= 15 is 0 Å². The number of nitrogens with zero attached hydrogens (tertiary/aromatic N) is 1. The van der Waals surface area contributed by atoms with Gasteiger partial charge in [0, 0.05) is 16.8 Å². The Morgan fingerprint density at radius 2 is 1.76 bits per heavy atom. The highest BCUT2D eigenvalue weighted by Crippen LogP contribution is 2.14. The maximum absolute atomic E-state index is 12.2. The van der Waals surface area contributed by atoms with Gasteiger partial charge >= 0.3 is 0 Å². The molecule has 0 saturated heterocycles. The molecule has 1 amide bonds. The summed E-state index contributed by atoms with van der Waals surface area (Å²) in [5.74, 6) is -0.198. The van der Waals surface area contributed by atoms with Crippen LogP contribution in [0.3, 0.4) is 0 Å². The van der Waals surface area contributed by atoms with E-state index in [-0.39, 0.29) is 11.7 Å². The Morgan fingerprint density at radius 1 is 1.10 bits per heavy atom. The second-order valence-corrected chi connectivity index (χ2v) is 4.90. The van der Waals surface area contributed by atoms with Crippen molar-refractivity contribution in [3.8, 4) is 0 Å². The first-order valence-electron chi connectivity index (χ1n) is 6.47. The Labute approximate surface area is 123 Å². The standard InChI is InChI=1S/C16H17N3O2/c1-10-6-11(2)8-13(7-10)16(20)18-14-5-3-4-12(9-14)15(17)19-21/h3-9,21H,1-2H3,(H2,17,19)(H,18,20). The minimum Gasteiger partial charge on any atom is -0.409 e. The van der Waals surface area contributed by atoms with Crippen molar-refractivity contribution in [1.29, 1.82) is 0 Å². The van der Waals surface area contributed by atoms with E-state index in [1.54, 1.807) is 24.3 Å². The largest absolute Gasteiger partial charge is 0.409 e. The molecule has 0 unspecified atom stereocenters. The number of nitrogens with one attached hydrogen (secondary N) is 1. The van der Waals surface area contributed by atoms with Crippen molar-refractivity contribution in [1.82, 2.24) is 0 Å². The number of aryl methyl sites for hydroxylation is 2. The van der Waals surface area contributed by atoms with Crippen LogP contribution in [0.4, 0.5) is 5.69 Å². The third-order valence-electron chi connectivity index (χ3n) is 3.01. The van der Waals surface area contributed by atoms with Crippen molar-refractivity contribution in [2.24, 2.45) is 10.9 Å². The van der Waals surface area contributed by atoms with Crippen LogP contribution in [-0.4, -0.2) is 17.0 Å². The monoisotopic (exact) mass is 283 g/mol. The van der Waals surface area contributed by atoms with E-state index in [9.17, 15) is 4.79 Å². The summed E-state index contributed by atoms with van der Waals surface area (Å²) in [5.41, 5.74) is 9.32. The molecule has 0 radical (unpaired) electrons. The zero-order valence-corrected chi connectivity index (χ0v) is 11.9. The number of amidine groups is 1. The van der Waals surface area contributed by atoms with Crippen LogP contribution in [0.1, 0.15) is 27.0 Å². The Hall–Kier alpha value is -2.82. The maximum Gasteiger partial charge on any atom is 0.255 e. The summed E-state index contributed by atoms with van der Waals surface area (Å²) in [4.78, 5) is 12.2. The Bertz CT molecular complexity index is 688. The quantitative estimate of drug-likeness (QED) is 0.350. The number of rotatable bonds is 3. The van der Waals surface area contributed by atoms with Gasteiger partial charge in [-0.05, 0) is 38.1 Å². The Kier molecular flexibility index (Phi) is 4.23. The molecule has 0 aliphatic heterocycles. The molecule has 5 nitrogen and oxygen atoms in total. The zero-order chi connectivity index (χ0) is 15.4. The SMILES string of the molecule is Cc1cc(C)cc(C(=O)Nc2cccc(/C(N)=N/O)c2)c1. The first-order chi connectivity index (χ1) is 9.99. The minimum atomic E-state index is -0.196. The zero-order valence-electron chi connectivity index (χ0n) is 11.9. The predicted octanol–water partition coefficient (Wildman–Crippen LogP) is 2.65. The second-order valence-electron chi connectivity index (χ2n) is 4.90. The molecule has 0 heterocycles. The van der Waals surface area contributed by atoms with Crippen LogP contribution in [0.25, 0.3) is 0 Å². The van der Waals surface area contributed by atoms with E-state index in [4.69, 9.17) is 10.9 Å². The van der Waals surface area contributed by atoms with Gasteiger partial charge in [0.05, 0.1) is 0 Å². The van der Waals surface area contributed by atoms with Crippen LogP contribution in [-0.2, 0) is 0 Å². The van der Waals surface area contributed by atoms with Gasteiger partial charge in [0.2, 0.25) is 0 Å². The first kappa shape index (κ1) is 14.6. The smallest absolute Gasteiger partial charge is 0.255 e. The van der Waals surface area contributed by atoms with Gasteiger partial charge < -0.3 is 16.3 Å².